The molecule has 0 radical (unpaired) electrons. The van der Waals surface area contributed by atoms with Gasteiger partial charge < -0.3 is 5.32 Å². The maximum atomic E-state index is 4.10. The summed E-state index contributed by atoms with van der Waals surface area (Å²) < 4.78 is 1.87. The van der Waals surface area contributed by atoms with Crippen molar-refractivity contribution < 1.29 is 0 Å². The number of nitrogens with zero attached hydrogens (tertiary/aromatic N) is 4. The molecule has 0 saturated heterocycles. The van der Waals surface area contributed by atoms with Crippen LogP contribution in [0.2, 0.25) is 0 Å². The van der Waals surface area contributed by atoms with Crippen molar-refractivity contribution in [2.45, 2.75) is 32.9 Å². The van der Waals surface area contributed by atoms with E-state index >= 15 is 0 Å². The van der Waals surface area contributed by atoms with E-state index in [0.29, 0.717) is 0 Å². The van der Waals surface area contributed by atoms with Crippen LogP contribution in [0.5, 0.6) is 0 Å². The molecule has 1 aromatic carbocycles. The van der Waals surface area contributed by atoms with Crippen LogP contribution in [0, 0.1) is 6.92 Å². The van der Waals surface area contributed by atoms with Crippen molar-refractivity contribution in [1.29, 1.82) is 0 Å². The normalized spacial score (nSPS) is 14.4. The minimum absolute atomic E-state index is 0.131. The topological polar surface area (TPSA) is 55.6 Å². The second-order valence-electron chi connectivity index (χ2n) is 4.58. The predicted molar refractivity (Wildman–Crippen MR) is 70.3 cm³/mol. The fraction of sp³-hybridized carbons (Fsp3) is 0.462. The highest BCUT2D eigenvalue weighted by molar-refractivity contribution is 5.24. The molecule has 0 bridgehead atoms. The van der Waals surface area contributed by atoms with Gasteiger partial charge in [0.1, 0.15) is 0 Å². The van der Waals surface area contributed by atoms with Crippen LogP contribution in [0.4, 0.5) is 0 Å². The van der Waals surface area contributed by atoms with Gasteiger partial charge in [0.15, 0.2) is 5.82 Å². The van der Waals surface area contributed by atoms with E-state index in [1.54, 1.807) is 0 Å². The molecule has 5 nitrogen and oxygen atoms in total. The van der Waals surface area contributed by atoms with Gasteiger partial charge in [0.25, 0.3) is 0 Å². The molecule has 0 aliphatic heterocycles. The number of hydrogen-bond acceptors (Lipinski definition) is 4. The van der Waals surface area contributed by atoms with Gasteiger partial charge in [-0.1, -0.05) is 29.8 Å². The highest BCUT2D eigenvalue weighted by atomic mass is 15.6. The Morgan fingerprint density at radius 2 is 1.83 bits per heavy atom. The summed E-state index contributed by atoms with van der Waals surface area (Å²) in [6, 6.07) is 8.72. The van der Waals surface area contributed by atoms with Crippen LogP contribution in [0.15, 0.2) is 24.3 Å². The molecular formula is C13H19N5. The molecule has 1 N–H and O–H groups in total. The van der Waals surface area contributed by atoms with Crippen molar-refractivity contribution in [3.05, 3.63) is 41.2 Å². The van der Waals surface area contributed by atoms with E-state index in [1.165, 1.54) is 11.1 Å². The third-order valence-corrected chi connectivity index (χ3v) is 3.27. The average Bonchev–Trinajstić information content (AvgIpc) is 2.87. The number of hydrogen-bond donors (Lipinski definition) is 1. The van der Waals surface area contributed by atoms with Crippen molar-refractivity contribution >= 4 is 0 Å². The number of rotatable bonds is 4. The molecule has 18 heavy (non-hydrogen) atoms. The van der Waals surface area contributed by atoms with Gasteiger partial charge in [0.05, 0.1) is 12.1 Å². The lowest BCUT2D eigenvalue weighted by atomic mass is 10.1. The van der Waals surface area contributed by atoms with Gasteiger partial charge in [0, 0.05) is 0 Å². The first-order chi connectivity index (χ1) is 8.63. The monoisotopic (exact) mass is 245 g/mol. The average molecular weight is 245 g/mol. The smallest absolute Gasteiger partial charge is 0.168 e. The Morgan fingerprint density at radius 1 is 1.17 bits per heavy atom. The summed E-state index contributed by atoms with van der Waals surface area (Å²) in [5, 5.41) is 15.1. The van der Waals surface area contributed by atoms with E-state index in [1.807, 2.05) is 18.7 Å². The number of aryl methyl sites for hydroxylation is 1. The molecule has 0 aliphatic carbocycles. The molecule has 0 aliphatic rings. The highest BCUT2D eigenvalue weighted by Crippen LogP contribution is 2.20. The maximum Gasteiger partial charge on any atom is 0.168 e. The van der Waals surface area contributed by atoms with Gasteiger partial charge >= 0.3 is 0 Å². The molecule has 0 fully saturated rings. The number of tetrazole rings is 1. The van der Waals surface area contributed by atoms with Crippen LogP contribution in [0.1, 0.15) is 42.9 Å². The van der Waals surface area contributed by atoms with Crippen LogP contribution in [0.3, 0.4) is 0 Å². The number of aromatic nitrogens is 4. The molecule has 2 rings (SSSR count). The Balaban J connectivity index is 2.31. The second kappa shape index (κ2) is 5.27. The van der Waals surface area contributed by atoms with Crippen molar-refractivity contribution in [2.75, 3.05) is 7.05 Å². The first kappa shape index (κ1) is 12.7. The Morgan fingerprint density at radius 3 is 2.44 bits per heavy atom. The van der Waals surface area contributed by atoms with Gasteiger partial charge in [0.2, 0.25) is 0 Å². The van der Waals surface area contributed by atoms with Crippen molar-refractivity contribution in [3.63, 3.8) is 0 Å². The largest absolute Gasteiger partial charge is 0.311 e. The maximum absolute atomic E-state index is 4.10. The summed E-state index contributed by atoms with van der Waals surface area (Å²) in [6.45, 7) is 6.23. The highest BCUT2D eigenvalue weighted by Gasteiger charge is 2.18. The van der Waals surface area contributed by atoms with Gasteiger partial charge in [-0.3, -0.25) is 0 Å². The van der Waals surface area contributed by atoms with Gasteiger partial charge in [-0.25, -0.2) is 4.68 Å². The Bertz CT molecular complexity index is 502. The zero-order valence-corrected chi connectivity index (χ0v) is 11.3. The standard InChI is InChI=1S/C13H19N5/c1-9-5-7-12(8-6-9)11(3)18-13(10(2)14-4)15-16-17-18/h5-8,10-11,14H,1-4H3. The lowest BCUT2D eigenvalue weighted by Gasteiger charge is -2.16. The third kappa shape index (κ3) is 2.41. The fourth-order valence-corrected chi connectivity index (χ4v) is 1.88. The minimum Gasteiger partial charge on any atom is -0.311 e. The summed E-state index contributed by atoms with van der Waals surface area (Å²) in [6.07, 6.45) is 0. The van der Waals surface area contributed by atoms with E-state index in [-0.39, 0.29) is 12.1 Å². The van der Waals surface area contributed by atoms with Crippen LogP contribution >= 0.6 is 0 Å². The second-order valence-corrected chi connectivity index (χ2v) is 4.58. The van der Waals surface area contributed by atoms with E-state index < -0.39 is 0 Å². The fourth-order valence-electron chi connectivity index (χ4n) is 1.88. The molecule has 2 aromatic rings. The summed E-state index contributed by atoms with van der Waals surface area (Å²) >= 11 is 0. The minimum atomic E-state index is 0.131. The zero-order chi connectivity index (χ0) is 13.1. The van der Waals surface area contributed by atoms with Crippen LogP contribution < -0.4 is 5.32 Å². The quantitative estimate of drug-likeness (QED) is 0.893. The van der Waals surface area contributed by atoms with Crippen LogP contribution in [-0.4, -0.2) is 27.3 Å². The van der Waals surface area contributed by atoms with Crippen LogP contribution in [-0.2, 0) is 0 Å². The van der Waals surface area contributed by atoms with Crippen molar-refractivity contribution in [2.24, 2.45) is 0 Å². The molecule has 0 spiro atoms. The van der Waals surface area contributed by atoms with E-state index in [4.69, 9.17) is 0 Å². The lowest BCUT2D eigenvalue weighted by Crippen LogP contribution is -2.21. The Hall–Kier alpha value is -1.75. The van der Waals surface area contributed by atoms with E-state index in [2.05, 4.69) is 59.0 Å². The van der Waals surface area contributed by atoms with Gasteiger partial charge in [-0.05, 0) is 43.8 Å². The molecular weight excluding hydrogens is 226 g/mol. The molecule has 0 amide bonds. The van der Waals surface area contributed by atoms with Gasteiger partial charge in [-0.15, -0.1) is 5.10 Å². The molecule has 1 heterocycles. The zero-order valence-electron chi connectivity index (χ0n) is 11.3. The molecule has 2 unspecified atom stereocenters. The third-order valence-electron chi connectivity index (χ3n) is 3.27. The SMILES string of the molecule is CNC(C)c1nnnn1C(C)c1ccc(C)cc1. The summed E-state index contributed by atoms with van der Waals surface area (Å²) in [5.41, 5.74) is 2.46. The van der Waals surface area contributed by atoms with Crippen molar-refractivity contribution in [3.8, 4) is 0 Å². The van der Waals surface area contributed by atoms with Crippen molar-refractivity contribution in [1.82, 2.24) is 25.5 Å². The molecule has 2 atom stereocenters. The van der Waals surface area contributed by atoms with E-state index in [0.717, 1.165) is 5.82 Å². The molecule has 96 valence electrons. The van der Waals surface area contributed by atoms with E-state index in [9.17, 15) is 0 Å². The van der Waals surface area contributed by atoms with Gasteiger partial charge in [-0.2, -0.15) is 0 Å². The molecule has 0 saturated carbocycles. The molecule has 5 heteroatoms. The lowest BCUT2D eigenvalue weighted by molar-refractivity contribution is 0.482. The predicted octanol–water partition coefficient (Wildman–Crippen LogP) is 1.87. The Labute approximate surface area is 107 Å². The summed E-state index contributed by atoms with van der Waals surface area (Å²) in [7, 11) is 1.90. The first-order valence-corrected chi connectivity index (χ1v) is 6.15. The van der Waals surface area contributed by atoms with Crippen LogP contribution in [0.25, 0.3) is 0 Å². The summed E-state index contributed by atoms with van der Waals surface area (Å²) in [4.78, 5) is 0. The summed E-state index contributed by atoms with van der Waals surface area (Å²) in [5.74, 6) is 0.852. The Kier molecular flexibility index (Phi) is 3.72. The first-order valence-electron chi connectivity index (χ1n) is 6.15. The number of nitrogens with one attached hydrogen (secondary N) is 1. The number of benzene rings is 1. The molecule has 1 aromatic heterocycles.